The van der Waals surface area contributed by atoms with Crippen molar-refractivity contribution in [3.63, 3.8) is 0 Å². The standard InChI is InChI=1S/C18H21ClN4O4/c1-2-26-18(25)23-11-9-22(10-12-23)16(24)8-7-15-20-21-17(27-15)13-3-5-14(19)6-4-13/h3-6H,2,7-12H2,1H3. The quantitative estimate of drug-likeness (QED) is 0.777. The molecule has 1 aromatic heterocycles. The van der Waals surface area contributed by atoms with Crippen LogP contribution in [0.2, 0.25) is 5.02 Å². The van der Waals surface area contributed by atoms with Gasteiger partial charge >= 0.3 is 6.09 Å². The molecule has 1 aliphatic rings. The van der Waals surface area contributed by atoms with E-state index in [1.807, 2.05) is 0 Å². The Morgan fingerprint density at radius 2 is 1.78 bits per heavy atom. The highest BCUT2D eigenvalue weighted by atomic mass is 35.5. The number of ether oxygens (including phenoxy) is 1. The van der Waals surface area contributed by atoms with Crippen molar-refractivity contribution in [2.45, 2.75) is 19.8 Å². The summed E-state index contributed by atoms with van der Waals surface area (Å²) in [6.45, 7) is 4.07. The van der Waals surface area contributed by atoms with Crippen molar-refractivity contribution in [1.29, 1.82) is 0 Å². The number of hydrogen-bond donors (Lipinski definition) is 0. The number of carbonyl (C=O) groups is 2. The van der Waals surface area contributed by atoms with Crippen LogP contribution in [0.25, 0.3) is 11.5 Å². The second kappa shape index (κ2) is 8.85. The van der Waals surface area contributed by atoms with Gasteiger partial charge < -0.3 is 19.0 Å². The van der Waals surface area contributed by atoms with Crippen molar-refractivity contribution >= 4 is 23.6 Å². The van der Waals surface area contributed by atoms with Gasteiger partial charge in [0.2, 0.25) is 17.7 Å². The van der Waals surface area contributed by atoms with Crippen LogP contribution in [0.3, 0.4) is 0 Å². The number of carbonyl (C=O) groups excluding carboxylic acids is 2. The van der Waals surface area contributed by atoms with Gasteiger partial charge in [0.25, 0.3) is 0 Å². The molecule has 0 saturated carbocycles. The van der Waals surface area contributed by atoms with E-state index >= 15 is 0 Å². The van der Waals surface area contributed by atoms with Crippen LogP contribution in [0.1, 0.15) is 19.2 Å². The minimum atomic E-state index is -0.329. The Kier molecular flexibility index (Phi) is 6.28. The summed E-state index contributed by atoms with van der Waals surface area (Å²) in [6.07, 6.45) is 0.323. The molecule has 144 valence electrons. The lowest BCUT2D eigenvalue weighted by Crippen LogP contribution is -2.50. The van der Waals surface area contributed by atoms with Crippen molar-refractivity contribution < 1.29 is 18.7 Å². The maximum atomic E-state index is 12.4. The van der Waals surface area contributed by atoms with Gasteiger partial charge in [0, 0.05) is 49.6 Å². The summed E-state index contributed by atoms with van der Waals surface area (Å²) in [4.78, 5) is 27.4. The molecule has 0 spiro atoms. The normalized spacial score (nSPS) is 14.3. The highest BCUT2D eigenvalue weighted by Gasteiger charge is 2.25. The fourth-order valence-electron chi connectivity index (χ4n) is 2.79. The maximum Gasteiger partial charge on any atom is 0.409 e. The molecular weight excluding hydrogens is 372 g/mol. The molecule has 1 aromatic carbocycles. The average Bonchev–Trinajstić information content (AvgIpc) is 3.16. The van der Waals surface area contributed by atoms with Crippen LogP contribution in [-0.2, 0) is 16.0 Å². The molecule has 0 aliphatic carbocycles. The number of aryl methyl sites for hydroxylation is 1. The zero-order valence-electron chi connectivity index (χ0n) is 15.1. The molecule has 0 radical (unpaired) electrons. The molecular formula is C18H21ClN4O4. The summed E-state index contributed by atoms with van der Waals surface area (Å²) in [7, 11) is 0. The van der Waals surface area contributed by atoms with Crippen molar-refractivity contribution in [3.8, 4) is 11.5 Å². The van der Waals surface area contributed by atoms with E-state index < -0.39 is 0 Å². The van der Waals surface area contributed by atoms with Gasteiger partial charge in [-0.3, -0.25) is 4.79 Å². The van der Waals surface area contributed by atoms with E-state index in [9.17, 15) is 9.59 Å². The molecule has 0 N–H and O–H groups in total. The Morgan fingerprint density at radius 3 is 2.44 bits per heavy atom. The van der Waals surface area contributed by atoms with E-state index in [2.05, 4.69) is 10.2 Å². The van der Waals surface area contributed by atoms with Gasteiger partial charge in [-0.05, 0) is 31.2 Å². The van der Waals surface area contributed by atoms with Crippen molar-refractivity contribution in [3.05, 3.63) is 35.2 Å². The Balaban J connectivity index is 1.47. The summed E-state index contributed by atoms with van der Waals surface area (Å²) in [5.41, 5.74) is 0.777. The first-order valence-corrected chi connectivity index (χ1v) is 9.22. The number of hydrogen-bond acceptors (Lipinski definition) is 6. The third-order valence-electron chi connectivity index (χ3n) is 4.27. The van der Waals surface area contributed by atoms with E-state index in [-0.39, 0.29) is 18.4 Å². The monoisotopic (exact) mass is 392 g/mol. The molecule has 8 nitrogen and oxygen atoms in total. The molecule has 2 aromatic rings. The van der Waals surface area contributed by atoms with Crippen molar-refractivity contribution in [2.75, 3.05) is 32.8 Å². The second-order valence-corrected chi connectivity index (χ2v) is 6.51. The largest absolute Gasteiger partial charge is 0.450 e. The number of piperazine rings is 1. The lowest BCUT2D eigenvalue weighted by molar-refractivity contribution is -0.132. The van der Waals surface area contributed by atoms with E-state index in [1.54, 1.807) is 41.0 Å². The molecule has 0 unspecified atom stereocenters. The molecule has 2 heterocycles. The van der Waals surface area contributed by atoms with E-state index in [0.29, 0.717) is 56.0 Å². The maximum absolute atomic E-state index is 12.4. The summed E-state index contributed by atoms with van der Waals surface area (Å²) in [5.74, 6) is 0.820. The van der Waals surface area contributed by atoms with Crippen LogP contribution >= 0.6 is 11.6 Å². The van der Waals surface area contributed by atoms with Crippen LogP contribution in [0, 0.1) is 0 Å². The van der Waals surface area contributed by atoms with E-state index in [1.165, 1.54) is 0 Å². The first kappa shape index (κ1) is 19.2. The predicted molar refractivity (Wildman–Crippen MR) is 98.2 cm³/mol. The minimum absolute atomic E-state index is 0.00440. The fourth-order valence-corrected chi connectivity index (χ4v) is 2.91. The van der Waals surface area contributed by atoms with Crippen LogP contribution in [0.4, 0.5) is 4.79 Å². The lowest BCUT2D eigenvalue weighted by Gasteiger charge is -2.34. The van der Waals surface area contributed by atoms with Gasteiger partial charge in [0.15, 0.2) is 0 Å². The van der Waals surface area contributed by atoms with Crippen molar-refractivity contribution in [1.82, 2.24) is 20.0 Å². The number of benzene rings is 1. The Morgan fingerprint density at radius 1 is 1.11 bits per heavy atom. The third kappa shape index (κ3) is 4.97. The Labute approximate surface area is 162 Å². The molecule has 3 rings (SSSR count). The third-order valence-corrected chi connectivity index (χ3v) is 4.52. The highest BCUT2D eigenvalue weighted by molar-refractivity contribution is 6.30. The molecule has 2 amide bonds. The van der Waals surface area contributed by atoms with Gasteiger partial charge in [-0.15, -0.1) is 10.2 Å². The average molecular weight is 393 g/mol. The fraction of sp³-hybridized carbons (Fsp3) is 0.444. The van der Waals surface area contributed by atoms with Gasteiger partial charge in [-0.1, -0.05) is 11.6 Å². The zero-order chi connectivity index (χ0) is 19.2. The second-order valence-electron chi connectivity index (χ2n) is 6.07. The van der Waals surface area contributed by atoms with Crippen LogP contribution in [-0.4, -0.2) is 64.8 Å². The van der Waals surface area contributed by atoms with Gasteiger partial charge in [-0.2, -0.15) is 0 Å². The summed E-state index contributed by atoms with van der Waals surface area (Å²) in [6, 6.07) is 7.10. The number of rotatable bonds is 5. The first-order chi connectivity index (χ1) is 13.1. The van der Waals surface area contributed by atoms with Gasteiger partial charge in [0.1, 0.15) is 0 Å². The molecule has 1 saturated heterocycles. The minimum Gasteiger partial charge on any atom is -0.450 e. The Hall–Kier alpha value is -2.61. The van der Waals surface area contributed by atoms with Gasteiger partial charge in [-0.25, -0.2) is 4.79 Å². The Bertz CT molecular complexity index is 785. The van der Waals surface area contributed by atoms with Crippen LogP contribution in [0.5, 0.6) is 0 Å². The summed E-state index contributed by atoms with van der Waals surface area (Å²) in [5, 5.41) is 8.64. The van der Waals surface area contributed by atoms with Crippen LogP contribution < -0.4 is 0 Å². The predicted octanol–water partition coefficient (Wildman–Crippen LogP) is 2.62. The SMILES string of the molecule is CCOC(=O)N1CCN(C(=O)CCc2nnc(-c3ccc(Cl)cc3)o2)CC1. The van der Waals surface area contributed by atoms with Crippen molar-refractivity contribution in [2.24, 2.45) is 0 Å². The van der Waals surface area contributed by atoms with E-state index in [4.69, 9.17) is 20.8 Å². The molecule has 1 fully saturated rings. The number of amides is 2. The molecule has 27 heavy (non-hydrogen) atoms. The molecule has 0 bridgehead atoms. The smallest absolute Gasteiger partial charge is 0.409 e. The first-order valence-electron chi connectivity index (χ1n) is 8.84. The lowest BCUT2D eigenvalue weighted by atomic mass is 10.2. The number of halogens is 1. The number of nitrogens with zero attached hydrogens (tertiary/aromatic N) is 4. The summed E-state index contributed by atoms with van der Waals surface area (Å²) >= 11 is 5.87. The van der Waals surface area contributed by atoms with E-state index in [0.717, 1.165) is 5.56 Å². The topological polar surface area (TPSA) is 88.8 Å². The summed E-state index contributed by atoms with van der Waals surface area (Å²) < 4.78 is 10.6. The molecule has 1 aliphatic heterocycles. The zero-order valence-corrected chi connectivity index (χ0v) is 15.8. The number of aromatic nitrogens is 2. The van der Waals surface area contributed by atoms with Gasteiger partial charge in [0.05, 0.1) is 6.61 Å². The van der Waals surface area contributed by atoms with Crippen LogP contribution in [0.15, 0.2) is 28.7 Å². The molecule has 0 atom stereocenters. The highest BCUT2D eigenvalue weighted by Crippen LogP contribution is 2.20. The molecule has 9 heteroatoms.